The molecule has 2 aromatic carbocycles. The maximum atomic E-state index is 12.6. The fraction of sp³-hybridized carbons (Fsp3) is 0.125. The molecule has 2 nitrogen and oxygen atoms in total. The molecule has 0 N–H and O–H groups in total. The van der Waals surface area contributed by atoms with E-state index in [0.29, 0.717) is 15.4 Å². The summed E-state index contributed by atoms with van der Waals surface area (Å²) in [6, 6.07) is 16.1. The van der Waals surface area contributed by atoms with Crippen LogP contribution in [-0.4, -0.2) is 8.42 Å². The number of allylic oxidation sites excluding steroid dienone is 1. The van der Waals surface area contributed by atoms with Crippen molar-refractivity contribution in [2.24, 2.45) is 0 Å². The van der Waals surface area contributed by atoms with Crippen LogP contribution in [0.5, 0.6) is 0 Å². The van der Waals surface area contributed by atoms with E-state index >= 15 is 0 Å². The zero-order chi connectivity index (χ0) is 13.9. The summed E-state index contributed by atoms with van der Waals surface area (Å²) in [4.78, 5) is 0.673. The van der Waals surface area contributed by atoms with E-state index in [9.17, 15) is 8.42 Å². The Morgan fingerprint density at radius 2 is 1.53 bits per heavy atom. The van der Waals surface area contributed by atoms with Gasteiger partial charge in [-0.2, -0.15) is 0 Å². The minimum atomic E-state index is -3.46. The molecule has 19 heavy (non-hydrogen) atoms. The Bertz CT molecular complexity index is 681. The Kier molecular flexibility index (Phi) is 3.86. The lowest BCUT2D eigenvalue weighted by Gasteiger charge is -2.09. The van der Waals surface area contributed by atoms with Gasteiger partial charge in [-0.05, 0) is 31.5 Å². The second-order valence-electron chi connectivity index (χ2n) is 4.34. The van der Waals surface area contributed by atoms with E-state index < -0.39 is 9.84 Å². The van der Waals surface area contributed by atoms with Gasteiger partial charge in [0, 0.05) is 0 Å². The number of benzene rings is 2. The average molecular weight is 272 g/mol. The van der Waals surface area contributed by atoms with E-state index in [1.54, 1.807) is 37.3 Å². The molecule has 0 heterocycles. The minimum absolute atomic E-state index is 0.329. The molecule has 0 spiro atoms. The maximum absolute atomic E-state index is 12.6. The van der Waals surface area contributed by atoms with Crippen LogP contribution in [0.15, 0.2) is 65.6 Å². The van der Waals surface area contributed by atoms with Crippen molar-refractivity contribution in [3.63, 3.8) is 0 Å². The van der Waals surface area contributed by atoms with Crippen LogP contribution in [0, 0.1) is 6.92 Å². The Balaban J connectivity index is 2.52. The molecule has 2 rings (SSSR count). The summed E-state index contributed by atoms with van der Waals surface area (Å²) in [5.41, 5.74) is 1.76. The SMILES string of the molecule is C/C=C(\c1ccccc1)S(=O)(=O)c1ccc(C)cc1. The van der Waals surface area contributed by atoms with Gasteiger partial charge >= 0.3 is 0 Å². The Morgan fingerprint density at radius 1 is 0.947 bits per heavy atom. The van der Waals surface area contributed by atoms with Crippen molar-refractivity contribution < 1.29 is 8.42 Å². The average Bonchev–Trinajstić information content (AvgIpc) is 2.41. The quantitative estimate of drug-likeness (QED) is 0.851. The lowest BCUT2D eigenvalue weighted by Crippen LogP contribution is -2.04. The predicted molar refractivity (Wildman–Crippen MR) is 78.5 cm³/mol. The largest absolute Gasteiger partial charge is 0.219 e. The van der Waals surface area contributed by atoms with Crippen LogP contribution >= 0.6 is 0 Å². The molecule has 0 aliphatic heterocycles. The summed E-state index contributed by atoms with van der Waals surface area (Å²) in [7, 11) is -3.46. The van der Waals surface area contributed by atoms with Gasteiger partial charge in [0.15, 0.2) is 0 Å². The van der Waals surface area contributed by atoms with Gasteiger partial charge in [-0.15, -0.1) is 0 Å². The van der Waals surface area contributed by atoms with Crippen LogP contribution in [0.2, 0.25) is 0 Å². The highest BCUT2D eigenvalue weighted by Gasteiger charge is 2.20. The summed E-state index contributed by atoms with van der Waals surface area (Å²) < 4.78 is 25.2. The molecule has 0 saturated carbocycles. The molecule has 3 heteroatoms. The van der Waals surface area contributed by atoms with Crippen molar-refractivity contribution in [2.75, 3.05) is 0 Å². The molecule has 0 bridgehead atoms. The summed E-state index contributed by atoms with van der Waals surface area (Å²) in [5.74, 6) is 0. The minimum Gasteiger partial charge on any atom is -0.219 e. The van der Waals surface area contributed by atoms with Crippen LogP contribution in [0.1, 0.15) is 18.1 Å². The predicted octanol–water partition coefficient (Wildman–Crippen LogP) is 3.83. The zero-order valence-corrected chi connectivity index (χ0v) is 11.8. The number of aryl methyl sites for hydroxylation is 1. The molecule has 0 saturated heterocycles. The number of hydrogen-bond acceptors (Lipinski definition) is 2. The first-order chi connectivity index (χ1) is 9.05. The van der Waals surface area contributed by atoms with Crippen LogP contribution < -0.4 is 0 Å². The molecule has 0 fully saturated rings. The first-order valence-electron chi connectivity index (χ1n) is 6.09. The number of rotatable bonds is 3. The van der Waals surface area contributed by atoms with E-state index in [-0.39, 0.29) is 0 Å². The van der Waals surface area contributed by atoms with Crippen molar-refractivity contribution >= 4 is 14.7 Å². The fourth-order valence-electron chi connectivity index (χ4n) is 1.92. The van der Waals surface area contributed by atoms with Crippen molar-refractivity contribution in [1.29, 1.82) is 0 Å². The van der Waals surface area contributed by atoms with Crippen LogP contribution in [0.3, 0.4) is 0 Å². The van der Waals surface area contributed by atoms with E-state index in [1.807, 2.05) is 37.3 Å². The molecular formula is C16H16O2S. The van der Waals surface area contributed by atoms with Crippen molar-refractivity contribution in [2.45, 2.75) is 18.7 Å². The van der Waals surface area contributed by atoms with Crippen molar-refractivity contribution in [1.82, 2.24) is 0 Å². The third-order valence-electron chi connectivity index (χ3n) is 2.94. The molecule has 0 radical (unpaired) electrons. The normalized spacial score (nSPS) is 12.4. The van der Waals surface area contributed by atoms with Gasteiger partial charge in [-0.3, -0.25) is 0 Å². The summed E-state index contributed by atoms with van der Waals surface area (Å²) in [5, 5.41) is 0. The lowest BCUT2D eigenvalue weighted by atomic mass is 10.2. The molecule has 0 unspecified atom stereocenters. The summed E-state index contributed by atoms with van der Waals surface area (Å²) >= 11 is 0. The van der Waals surface area contributed by atoms with Crippen LogP contribution in [-0.2, 0) is 9.84 Å². The molecule has 0 aliphatic rings. The van der Waals surface area contributed by atoms with Crippen LogP contribution in [0.4, 0.5) is 0 Å². The van der Waals surface area contributed by atoms with Crippen molar-refractivity contribution in [3.05, 3.63) is 71.8 Å². The monoisotopic (exact) mass is 272 g/mol. The second-order valence-corrected chi connectivity index (χ2v) is 6.25. The fourth-order valence-corrected chi connectivity index (χ4v) is 3.43. The smallest absolute Gasteiger partial charge is 0.206 e. The molecular weight excluding hydrogens is 256 g/mol. The summed E-state index contributed by atoms with van der Waals surface area (Å²) in [6.45, 7) is 3.68. The molecule has 0 aliphatic carbocycles. The molecule has 98 valence electrons. The van der Waals surface area contributed by atoms with Gasteiger partial charge in [0.1, 0.15) is 0 Å². The van der Waals surface area contributed by atoms with E-state index in [4.69, 9.17) is 0 Å². The van der Waals surface area contributed by atoms with Gasteiger partial charge in [0.05, 0.1) is 9.80 Å². The Morgan fingerprint density at radius 3 is 2.05 bits per heavy atom. The van der Waals surface area contributed by atoms with Gasteiger partial charge < -0.3 is 0 Å². The topological polar surface area (TPSA) is 34.1 Å². The summed E-state index contributed by atoms with van der Waals surface area (Å²) in [6.07, 6.45) is 1.64. The molecule has 2 aromatic rings. The molecule has 0 atom stereocenters. The highest BCUT2D eigenvalue weighted by molar-refractivity contribution is 8.00. The highest BCUT2D eigenvalue weighted by atomic mass is 32.2. The highest BCUT2D eigenvalue weighted by Crippen LogP contribution is 2.27. The Hall–Kier alpha value is -1.87. The first-order valence-corrected chi connectivity index (χ1v) is 7.57. The standard InChI is InChI=1S/C16H16O2S/c1-3-16(14-7-5-4-6-8-14)19(17,18)15-11-9-13(2)10-12-15/h3-12H,1-2H3/b16-3+. The number of hydrogen-bond donors (Lipinski definition) is 0. The van der Waals surface area contributed by atoms with Gasteiger partial charge in [0.2, 0.25) is 9.84 Å². The molecule has 0 aromatic heterocycles. The lowest BCUT2D eigenvalue weighted by molar-refractivity contribution is 0.606. The Labute approximate surface area is 114 Å². The van der Waals surface area contributed by atoms with Gasteiger partial charge in [0.25, 0.3) is 0 Å². The van der Waals surface area contributed by atoms with E-state index in [0.717, 1.165) is 5.56 Å². The van der Waals surface area contributed by atoms with E-state index in [2.05, 4.69) is 0 Å². The second kappa shape index (κ2) is 5.41. The maximum Gasteiger partial charge on any atom is 0.206 e. The third-order valence-corrected chi connectivity index (χ3v) is 4.88. The van der Waals surface area contributed by atoms with E-state index in [1.165, 1.54) is 0 Å². The van der Waals surface area contributed by atoms with Crippen molar-refractivity contribution in [3.8, 4) is 0 Å². The van der Waals surface area contributed by atoms with Gasteiger partial charge in [-0.1, -0.05) is 54.1 Å². The van der Waals surface area contributed by atoms with Crippen LogP contribution in [0.25, 0.3) is 4.91 Å². The molecule has 0 amide bonds. The first kappa shape index (κ1) is 13.6. The van der Waals surface area contributed by atoms with Gasteiger partial charge in [-0.25, -0.2) is 8.42 Å². The number of sulfone groups is 1. The third kappa shape index (κ3) is 2.76. The zero-order valence-electron chi connectivity index (χ0n) is 11.0.